The Morgan fingerprint density at radius 1 is 0.857 bits per heavy atom. The maximum Gasteiger partial charge on any atom is 0.310 e. The summed E-state index contributed by atoms with van der Waals surface area (Å²) in [6.45, 7) is 1.62. The Balaban J connectivity index is 2.03. The summed E-state index contributed by atoms with van der Waals surface area (Å²) in [5.74, 6) is -1.83. The van der Waals surface area contributed by atoms with Crippen LogP contribution >= 0.6 is 23.2 Å². The molecule has 28 heavy (non-hydrogen) atoms. The molecule has 0 fully saturated rings. The molecule has 0 aliphatic rings. The Kier molecular flexibility index (Phi) is 4.61. The molecule has 1 atom stereocenters. The van der Waals surface area contributed by atoms with Gasteiger partial charge in [0.15, 0.2) is 0 Å². The minimum atomic E-state index is -0.922. The van der Waals surface area contributed by atoms with Gasteiger partial charge in [-0.2, -0.15) is 0 Å². The molecule has 0 saturated carbocycles. The van der Waals surface area contributed by atoms with Crippen molar-refractivity contribution in [3.8, 4) is 0 Å². The first kappa shape index (κ1) is 18.5. The van der Waals surface area contributed by atoms with Crippen LogP contribution in [0.1, 0.15) is 28.8 Å². The van der Waals surface area contributed by atoms with Crippen LogP contribution in [0.4, 0.5) is 0 Å². The lowest BCUT2D eigenvalue weighted by Gasteiger charge is -2.09. The molecule has 140 valence electrons. The van der Waals surface area contributed by atoms with E-state index in [1.54, 1.807) is 60.0 Å². The van der Waals surface area contributed by atoms with Crippen LogP contribution in [0.2, 0.25) is 10.0 Å². The van der Waals surface area contributed by atoms with E-state index >= 15 is 0 Å². The van der Waals surface area contributed by atoms with Crippen molar-refractivity contribution in [3.05, 3.63) is 81.8 Å². The van der Waals surface area contributed by atoms with E-state index < -0.39 is 11.9 Å². The Hall–Kier alpha value is -2.82. The van der Waals surface area contributed by atoms with Crippen LogP contribution in [0.25, 0.3) is 21.8 Å². The lowest BCUT2D eigenvalue weighted by Crippen LogP contribution is -2.12. The van der Waals surface area contributed by atoms with Gasteiger partial charge in [0.1, 0.15) is 0 Å². The molecule has 6 heteroatoms. The highest BCUT2D eigenvalue weighted by atomic mass is 35.5. The van der Waals surface area contributed by atoms with Gasteiger partial charge >= 0.3 is 5.97 Å². The Bertz CT molecular complexity index is 1240. The molecule has 0 saturated heterocycles. The standard InChI is InChI=1S/C22H15Cl2NO3/c1-12(22(27)28)14-4-8-17-18-11-16(24)7-9-19(18)25(20(17)10-14)21(26)13-2-5-15(23)6-3-13/h2-12H,1H3,(H,27,28)/t12-/m1/s1. The average molecular weight is 412 g/mol. The lowest BCUT2D eigenvalue weighted by molar-refractivity contribution is -0.138. The number of aliphatic carboxylic acids is 1. The number of carbonyl (C=O) groups is 2. The van der Waals surface area contributed by atoms with Crippen LogP contribution in [-0.2, 0) is 4.79 Å². The number of benzene rings is 3. The smallest absolute Gasteiger partial charge is 0.310 e. The van der Waals surface area contributed by atoms with Crippen LogP contribution in [0.15, 0.2) is 60.7 Å². The fourth-order valence-corrected chi connectivity index (χ4v) is 3.66. The summed E-state index contributed by atoms with van der Waals surface area (Å²) in [5.41, 5.74) is 2.45. The molecule has 0 spiro atoms. The van der Waals surface area contributed by atoms with E-state index in [-0.39, 0.29) is 5.91 Å². The molecule has 4 nitrogen and oxygen atoms in total. The second-order valence-corrected chi connectivity index (χ2v) is 7.52. The van der Waals surface area contributed by atoms with Crippen molar-refractivity contribution in [2.75, 3.05) is 0 Å². The highest BCUT2D eigenvalue weighted by Gasteiger charge is 2.20. The Morgan fingerprint density at radius 2 is 1.54 bits per heavy atom. The predicted molar refractivity (Wildman–Crippen MR) is 112 cm³/mol. The Labute approximate surface area is 170 Å². The van der Waals surface area contributed by atoms with Gasteiger partial charge in [-0.15, -0.1) is 0 Å². The molecule has 1 aromatic heterocycles. The highest BCUT2D eigenvalue weighted by Crippen LogP contribution is 2.33. The predicted octanol–water partition coefficient (Wildman–Crippen LogP) is 5.98. The van der Waals surface area contributed by atoms with Gasteiger partial charge in [-0.25, -0.2) is 0 Å². The van der Waals surface area contributed by atoms with Crippen molar-refractivity contribution in [2.45, 2.75) is 12.8 Å². The minimum Gasteiger partial charge on any atom is -0.481 e. The zero-order chi connectivity index (χ0) is 20.0. The zero-order valence-corrected chi connectivity index (χ0v) is 16.3. The van der Waals surface area contributed by atoms with E-state index in [1.807, 2.05) is 12.1 Å². The van der Waals surface area contributed by atoms with Gasteiger partial charge in [-0.1, -0.05) is 35.3 Å². The van der Waals surface area contributed by atoms with Gasteiger partial charge in [-0.3, -0.25) is 14.2 Å². The Morgan fingerprint density at radius 3 is 2.21 bits per heavy atom. The molecule has 1 N–H and O–H groups in total. The van der Waals surface area contributed by atoms with Crippen LogP contribution in [0.5, 0.6) is 0 Å². The van der Waals surface area contributed by atoms with Crippen LogP contribution in [0.3, 0.4) is 0 Å². The molecule has 3 aromatic carbocycles. The summed E-state index contributed by atoms with van der Waals surface area (Å²) in [6, 6.07) is 17.4. The normalized spacial score (nSPS) is 12.4. The molecule has 0 radical (unpaired) electrons. The van der Waals surface area contributed by atoms with Crippen molar-refractivity contribution in [2.24, 2.45) is 0 Å². The number of hydrogen-bond acceptors (Lipinski definition) is 2. The number of carbonyl (C=O) groups excluding carboxylic acids is 1. The first-order chi connectivity index (χ1) is 13.4. The van der Waals surface area contributed by atoms with Gasteiger partial charge < -0.3 is 5.11 Å². The third-order valence-electron chi connectivity index (χ3n) is 4.92. The minimum absolute atomic E-state index is 0.223. The van der Waals surface area contributed by atoms with Gasteiger partial charge in [0, 0.05) is 26.4 Å². The second kappa shape index (κ2) is 6.97. The highest BCUT2D eigenvalue weighted by molar-refractivity contribution is 6.32. The summed E-state index contributed by atoms with van der Waals surface area (Å²) in [7, 11) is 0. The summed E-state index contributed by atoms with van der Waals surface area (Å²) >= 11 is 12.1. The van der Waals surface area contributed by atoms with E-state index in [4.69, 9.17) is 23.2 Å². The van der Waals surface area contributed by atoms with E-state index in [9.17, 15) is 14.7 Å². The summed E-state index contributed by atoms with van der Waals surface area (Å²) in [4.78, 5) is 24.7. The third-order valence-corrected chi connectivity index (χ3v) is 5.40. The molecular formula is C22H15Cl2NO3. The fraction of sp³-hybridized carbons (Fsp3) is 0.0909. The number of halogens is 2. The maximum atomic E-state index is 13.3. The molecule has 0 amide bonds. The van der Waals surface area contributed by atoms with Crippen molar-refractivity contribution < 1.29 is 14.7 Å². The summed E-state index contributed by atoms with van der Waals surface area (Å²) in [6.07, 6.45) is 0. The van der Waals surface area contributed by atoms with E-state index in [2.05, 4.69) is 0 Å². The molecular weight excluding hydrogens is 397 g/mol. The van der Waals surface area contributed by atoms with Gasteiger partial charge in [-0.05, 0) is 61.0 Å². The number of fused-ring (bicyclic) bond motifs is 3. The zero-order valence-electron chi connectivity index (χ0n) is 14.8. The molecule has 4 rings (SSSR count). The van der Waals surface area contributed by atoms with Gasteiger partial charge in [0.2, 0.25) is 0 Å². The van der Waals surface area contributed by atoms with Gasteiger partial charge in [0.05, 0.1) is 17.0 Å². The second-order valence-electron chi connectivity index (χ2n) is 6.65. The monoisotopic (exact) mass is 411 g/mol. The van der Waals surface area contributed by atoms with Crippen molar-refractivity contribution >= 4 is 56.9 Å². The lowest BCUT2D eigenvalue weighted by atomic mass is 10.00. The number of aromatic nitrogens is 1. The van der Waals surface area contributed by atoms with Crippen molar-refractivity contribution in [1.29, 1.82) is 0 Å². The first-order valence-electron chi connectivity index (χ1n) is 8.63. The van der Waals surface area contributed by atoms with E-state index in [0.29, 0.717) is 32.2 Å². The average Bonchev–Trinajstić information content (AvgIpc) is 3.00. The number of rotatable bonds is 3. The third kappa shape index (κ3) is 3.05. The number of carboxylic acids is 1. The molecule has 1 heterocycles. The maximum absolute atomic E-state index is 13.3. The number of carboxylic acid groups (broad SMARTS) is 1. The van der Waals surface area contributed by atoms with Crippen LogP contribution in [-0.4, -0.2) is 21.6 Å². The van der Waals surface area contributed by atoms with E-state index in [0.717, 1.165) is 10.8 Å². The molecule has 4 aromatic rings. The van der Waals surface area contributed by atoms with Crippen LogP contribution < -0.4 is 0 Å². The van der Waals surface area contributed by atoms with Crippen molar-refractivity contribution in [1.82, 2.24) is 4.57 Å². The largest absolute Gasteiger partial charge is 0.481 e. The SMILES string of the molecule is C[C@@H](C(=O)O)c1ccc2c3cc(Cl)ccc3n(C(=O)c3ccc(Cl)cc3)c2c1. The van der Waals surface area contributed by atoms with Crippen LogP contribution in [0, 0.1) is 0 Å². The molecule has 0 bridgehead atoms. The molecule has 0 aliphatic carbocycles. The van der Waals surface area contributed by atoms with Crippen molar-refractivity contribution in [3.63, 3.8) is 0 Å². The molecule has 0 unspecified atom stereocenters. The fourth-order valence-electron chi connectivity index (χ4n) is 3.36. The first-order valence-corrected chi connectivity index (χ1v) is 9.39. The van der Waals surface area contributed by atoms with Gasteiger partial charge in [0.25, 0.3) is 5.91 Å². The molecule has 0 aliphatic heterocycles. The quantitative estimate of drug-likeness (QED) is 0.451. The summed E-state index contributed by atoms with van der Waals surface area (Å²) < 4.78 is 1.60. The number of hydrogen-bond donors (Lipinski definition) is 1. The summed E-state index contributed by atoms with van der Waals surface area (Å²) in [5, 5.41) is 12.1. The topological polar surface area (TPSA) is 59.3 Å². The number of nitrogens with zero attached hydrogens (tertiary/aromatic N) is 1. The van der Waals surface area contributed by atoms with E-state index in [1.165, 1.54) is 0 Å².